The number of para-hydroxylation sites is 1. The number of fused-ring (bicyclic) bond motifs is 1. The third kappa shape index (κ3) is 4.17. The number of nitrogens with zero attached hydrogens (tertiary/aromatic N) is 1. The van der Waals surface area contributed by atoms with Crippen molar-refractivity contribution in [3.8, 4) is 0 Å². The van der Waals surface area contributed by atoms with E-state index < -0.39 is 0 Å². The molecule has 3 heterocycles. The summed E-state index contributed by atoms with van der Waals surface area (Å²) in [6.07, 6.45) is 8.09. The van der Waals surface area contributed by atoms with Crippen molar-refractivity contribution < 1.29 is 18.4 Å². The van der Waals surface area contributed by atoms with E-state index >= 15 is 0 Å². The lowest BCUT2D eigenvalue weighted by Crippen LogP contribution is -2.41. The molecule has 1 N–H and O–H groups in total. The lowest BCUT2D eigenvalue weighted by molar-refractivity contribution is -0.116. The Morgan fingerprint density at radius 3 is 2.75 bits per heavy atom. The van der Waals surface area contributed by atoms with Crippen molar-refractivity contribution in [2.24, 2.45) is 5.92 Å². The SMILES string of the molecule is O=C(/C=C/c1ccoc1)NCC1CCN(C(=O)c2cc3ccccc3o2)CC1. The molecule has 1 fully saturated rings. The number of carbonyl (C=O) groups excluding carboxylic acids is 2. The largest absolute Gasteiger partial charge is 0.472 e. The summed E-state index contributed by atoms with van der Waals surface area (Å²) in [6.45, 7) is 1.95. The Kier molecular flexibility index (Phi) is 5.28. The van der Waals surface area contributed by atoms with E-state index in [1.54, 1.807) is 30.7 Å². The topological polar surface area (TPSA) is 75.7 Å². The second-order valence-corrected chi connectivity index (χ2v) is 7.02. The molecule has 1 saturated heterocycles. The number of rotatable bonds is 5. The summed E-state index contributed by atoms with van der Waals surface area (Å²) < 4.78 is 10.6. The Morgan fingerprint density at radius 2 is 2.00 bits per heavy atom. The van der Waals surface area contributed by atoms with Gasteiger partial charge in [-0.25, -0.2) is 0 Å². The third-order valence-corrected chi connectivity index (χ3v) is 5.07. The average Bonchev–Trinajstić information content (AvgIpc) is 3.40. The maximum absolute atomic E-state index is 12.7. The van der Waals surface area contributed by atoms with Gasteiger partial charge < -0.3 is 19.1 Å². The molecule has 3 aromatic rings. The zero-order chi connectivity index (χ0) is 19.3. The highest BCUT2D eigenvalue weighted by molar-refractivity contribution is 5.96. The number of carbonyl (C=O) groups is 2. The van der Waals surface area contributed by atoms with Crippen molar-refractivity contribution in [1.82, 2.24) is 10.2 Å². The first-order chi connectivity index (χ1) is 13.7. The molecule has 0 spiro atoms. The first kappa shape index (κ1) is 18.1. The molecule has 6 heteroatoms. The molecule has 4 rings (SSSR count). The van der Waals surface area contributed by atoms with Crippen molar-refractivity contribution in [2.75, 3.05) is 19.6 Å². The van der Waals surface area contributed by atoms with E-state index in [1.165, 1.54) is 6.08 Å². The molecular formula is C22H22N2O4. The van der Waals surface area contributed by atoms with Crippen molar-refractivity contribution in [3.05, 3.63) is 66.3 Å². The fraction of sp³-hybridized carbons (Fsp3) is 0.273. The van der Waals surface area contributed by atoms with Gasteiger partial charge in [-0.3, -0.25) is 9.59 Å². The summed E-state index contributed by atoms with van der Waals surface area (Å²) in [4.78, 5) is 26.4. The Balaban J connectivity index is 1.25. The van der Waals surface area contributed by atoms with Crippen molar-refractivity contribution in [3.63, 3.8) is 0 Å². The van der Waals surface area contributed by atoms with Gasteiger partial charge in [0.2, 0.25) is 5.91 Å². The van der Waals surface area contributed by atoms with Crippen LogP contribution >= 0.6 is 0 Å². The maximum Gasteiger partial charge on any atom is 0.289 e. The minimum Gasteiger partial charge on any atom is -0.472 e. The van der Waals surface area contributed by atoms with Crippen LogP contribution in [0.2, 0.25) is 0 Å². The van der Waals surface area contributed by atoms with Crippen molar-refractivity contribution in [1.29, 1.82) is 0 Å². The number of hydrogen-bond acceptors (Lipinski definition) is 4. The van der Waals surface area contributed by atoms with Gasteiger partial charge in [0.25, 0.3) is 5.91 Å². The van der Waals surface area contributed by atoms with E-state index in [1.807, 2.05) is 29.2 Å². The molecule has 2 aromatic heterocycles. The van der Waals surface area contributed by atoms with Gasteiger partial charge in [-0.1, -0.05) is 18.2 Å². The minimum absolute atomic E-state index is 0.0678. The summed E-state index contributed by atoms with van der Waals surface area (Å²) in [5.41, 5.74) is 1.58. The number of furan rings is 2. The first-order valence-corrected chi connectivity index (χ1v) is 9.45. The molecule has 1 aliphatic heterocycles. The van der Waals surface area contributed by atoms with Gasteiger partial charge in [0.05, 0.1) is 12.5 Å². The van der Waals surface area contributed by atoms with Gasteiger partial charge in [-0.2, -0.15) is 0 Å². The Hall–Kier alpha value is -3.28. The van der Waals surface area contributed by atoms with Crippen LogP contribution < -0.4 is 5.32 Å². The molecule has 0 aliphatic carbocycles. The molecule has 6 nitrogen and oxygen atoms in total. The number of amides is 2. The van der Waals surface area contributed by atoms with Gasteiger partial charge >= 0.3 is 0 Å². The Labute approximate surface area is 162 Å². The van der Waals surface area contributed by atoms with Crippen LogP contribution in [0.25, 0.3) is 17.0 Å². The molecule has 0 atom stereocenters. The fourth-order valence-corrected chi connectivity index (χ4v) is 3.43. The fourth-order valence-electron chi connectivity index (χ4n) is 3.43. The summed E-state index contributed by atoms with van der Waals surface area (Å²) in [5, 5.41) is 3.87. The number of benzene rings is 1. The smallest absolute Gasteiger partial charge is 0.289 e. The quantitative estimate of drug-likeness (QED) is 0.687. The predicted octanol–water partition coefficient (Wildman–Crippen LogP) is 3.71. The summed E-state index contributed by atoms with van der Waals surface area (Å²) in [6, 6.07) is 11.2. The van der Waals surface area contributed by atoms with Crippen LogP contribution in [0.5, 0.6) is 0 Å². The van der Waals surface area contributed by atoms with E-state index in [9.17, 15) is 9.59 Å². The van der Waals surface area contributed by atoms with E-state index in [0.29, 0.717) is 31.3 Å². The van der Waals surface area contributed by atoms with Crippen molar-refractivity contribution in [2.45, 2.75) is 12.8 Å². The van der Waals surface area contributed by atoms with Gasteiger partial charge in [0.15, 0.2) is 5.76 Å². The summed E-state index contributed by atoms with van der Waals surface area (Å²) in [5.74, 6) is 0.562. The lowest BCUT2D eigenvalue weighted by atomic mass is 9.96. The van der Waals surface area contributed by atoms with E-state index in [2.05, 4.69) is 5.32 Å². The molecule has 0 unspecified atom stereocenters. The number of likely N-dealkylation sites (tertiary alicyclic amines) is 1. The predicted molar refractivity (Wildman–Crippen MR) is 106 cm³/mol. The highest BCUT2D eigenvalue weighted by atomic mass is 16.3. The van der Waals surface area contributed by atoms with Gasteiger partial charge in [-0.05, 0) is 43.0 Å². The minimum atomic E-state index is -0.123. The van der Waals surface area contributed by atoms with Crippen LogP contribution in [-0.2, 0) is 4.79 Å². The third-order valence-electron chi connectivity index (χ3n) is 5.07. The van der Waals surface area contributed by atoms with Crippen molar-refractivity contribution >= 4 is 28.9 Å². The lowest BCUT2D eigenvalue weighted by Gasteiger charge is -2.31. The number of nitrogens with one attached hydrogen (secondary N) is 1. The van der Waals surface area contributed by atoms with Gasteiger partial charge in [0.1, 0.15) is 5.58 Å². The summed E-state index contributed by atoms with van der Waals surface area (Å²) in [7, 11) is 0. The maximum atomic E-state index is 12.7. The summed E-state index contributed by atoms with van der Waals surface area (Å²) >= 11 is 0. The molecule has 0 radical (unpaired) electrons. The van der Waals surface area contributed by atoms with Crippen LogP contribution in [0.3, 0.4) is 0 Å². The highest BCUT2D eigenvalue weighted by Crippen LogP contribution is 2.23. The zero-order valence-corrected chi connectivity index (χ0v) is 15.5. The van der Waals surface area contributed by atoms with Crippen LogP contribution in [0.15, 0.2) is 63.8 Å². The number of piperidine rings is 1. The molecule has 1 aromatic carbocycles. The molecule has 0 bridgehead atoms. The van der Waals surface area contributed by atoms with E-state index in [4.69, 9.17) is 8.83 Å². The van der Waals surface area contributed by atoms with Crippen LogP contribution in [-0.4, -0.2) is 36.3 Å². The van der Waals surface area contributed by atoms with Gasteiger partial charge in [0, 0.05) is 36.7 Å². The normalized spacial score (nSPS) is 15.4. The molecule has 144 valence electrons. The number of hydrogen-bond donors (Lipinski definition) is 1. The van der Waals surface area contributed by atoms with E-state index in [0.717, 1.165) is 29.4 Å². The second-order valence-electron chi connectivity index (χ2n) is 7.02. The zero-order valence-electron chi connectivity index (χ0n) is 15.5. The van der Waals surface area contributed by atoms with Gasteiger partial charge in [-0.15, -0.1) is 0 Å². The molecular weight excluding hydrogens is 356 g/mol. The van der Waals surface area contributed by atoms with Crippen LogP contribution in [0, 0.1) is 5.92 Å². The standard InChI is InChI=1S/C22H22N2O4/c25-21(6-5-17-9-12-27-15-17)23-14-16-7-10-24(11-8-16)22(26)20-13-18-3-1-2-4-19(18)28-20/h1-6,9,12-13,15-16H,7-8,10-11,14H2,(H,23,25)/b6-5+. The van der Waals surface area contributed by atoms with Crippen LogP contribution in [0.4, 0.5) is 0 Å². The highest BCUT2D eigenvalue weighted by Gasteiger charge is 2.25. The van der Waals surface area contributed by atoms with Crippen LogP contribution in [0.1, 0.15) is 29.0 Å². The molecule has 0 saturated carbocycles. The Bertz CT molecular complexity index is 946. The first-order valence-electron chi connectivity index (χ1n) is 9.45. The Morgan fingerprint density at radius 1 is 1.18 bits per heavy atom. The average molecular weight is 378 g/mol. The molecule has 2 amide bonds. The second kappa shape index (κ2) is 8.17. The molecule has 1 aliphatic rings. The molecule has 28 heavy (non-hydrogen) atoms. The van der Waals surface area contributed by atoms with E-state index in [-0.39, 0.29) is 11.8 Å². The monoisotopic (exact) mass is 378 g/mol.